The molecule has 2 aromatic rings. The van der Waals surface area contributed by atoms with E-state index < -0.39 is 18.0 Å². The molecule has 1 aromatic carbocycles. The molecule has 0 saturated carbocycles. The smallest absolute Gasteiger partial charge is 0.475 e. The van der Waals surface area contributed by atoms with Gasteiger partial charge in [-0.1, -0.05) is 17.7 Å². The number of nitrogens with zero attached hydrogens (tertiary/aromatic N) is 3. The molecule has 3 rings (SSSR count). The van der Waals surface area contributed by atoms with Gasteiger partial charge in [-0.15, -0.1) is 0 Å². The average Bonchev–Trinajstić information content (AvgIpc) is 2.97. The quantitative estimate of drug-likeness (QED) is 0.742. The Hall–Kier alpha value is -2.17. The first-order valence-corrected chi connectivity index (χ1v) is 8.48. The van der Waals surface area contributed by atoms with Crippen molar-refractivity contribution < 1.29 is 32.6 Å². The van der Waals surface area contributed by atoms with E-state index >= 15 is 0 Å². The molecule has 28 heavy (non-hydrogen) atoms. The van der Waals surface area contributed by atoms with E-state index in [9.17, 15) is 22.7 Å². The third-order valence-electron chi connectivity index (χ3n) is 4.27. The fourth-order valence-corrected chi connectivity index (χ4v) is 2.93. The second-order valence-corrected chi connectivity index (χ2v) is 6.65. The van der Waals surface area contributed by atoms with Crippen LogP contribution in [0.3, 0.4) is 0 Å². The summed E-state index contributed by atoms with van der Waals surface area (Å²) in [4.78, 5) is 15.4. The number of aliphatic hydroxyl groups excluding tert-OH is 1. The summed E-state index contributed by atoms with van der Waals surface area (Å²) in [6.45, 7) is 1.29. The third-order valence-corrected chi connectivity index (χ3v) is 4.57. The van der Waals surface area contributed by atoms with Crippen molar-refractivity contribution >= 4 is 17.6 Å². The molecular weight excluding hydrogens is 406 g/mol. The summed E-state index contributed by atoms with van der Waals surface area (Å²) in [5.41, 5.74) is 3.03. The first kappa shape index (κ1) is 22.1. The lowest BCUT2D eigenvalue weighted by molar-refractivity contribution is -0.192. The zero-order valence-corrected chi connectivity index (χ0v) is 15.5. The van der Waals surface area contributed by atoms with Crippen LogP contribution in [0.1, 0.15) is 17.0 Å². The molecule has 0 amide bonds. The van der Waals surface area contributed by atoms with Crippen LogP contribution in [0.2, 0.25) is 5.02 Å². The van der Waals surface area contributed by atoms with Gasteiger partial charge < -0.3 is 14.8 Å². The standard InChI is InChI=1S/C15H17ClFN3O.C2HF3O2/c1-19-9-18-14-7-20(11(8-21)5-15(14)19)6-10-2-3-12(16)13(17)4-10;3-2(4,5)1(6)7/h2-4,9,11,21H,5-8H2,1H3;(H,6,7). The number of carboxylic acids is 1. The maximum absolute atomic E-state index is 13.5. The first-order valence-electron chi connectivity index (χ1n) is 8.11. The molecule has 0 aliphatic carbocycles. The van der Waals surface area contributed by atoms with E-state index in [-0.39, 0.29) is 17.7 Å². The first-order chi connectivity index (χ1) is 13.0. The molecule has 6 nitrogen and oxygen atoms in total. The van der Waals surface area contributed by atoms with Gasteiger partial charge in [0.25, 0.3) is 0 Å². The van der Waals surface area contributed by atoms with Gasteiger partial charge in [0.05, 0.1) is 23.7 Å². The van der Waals surface area contributed by atoms with Gasteiger partial charge in [0, 0.05) is 38.3 Å². The third kappa shape index (κ3) is 5.43. The number of rotatable bonds is 3. The van der Waals surface area contributed by atoms with E-state index in [1.807, 2.05) is 17.7 Å². The molecule has 0 spiro atoms. The zero-order chi connectivity index (χ0) is 21.1. The number of aryl methyl sites for hydroxylation is 1. The van der Waals surface area contributed by atoms with Crippen LogP contribution < -0.4 is 0 Å². The highest BCUT2D eigenvalue weighted by molar-refractivity contribution is 6.30. The zero-order valence-electron chi connectivity index (χ0n) is 14.7. The number of hydrogen-bond donors (Lipinski definition) is 2. The summed E-state index contributed by atoms with van der Waals surface area (Å²) in [5.74, 6) is -3.17. The van der Waals surface area contributed by atoms with Gasteiger partial charge in [0.1, 0.15) is 5.82 Å². The van der Waals surface area contributed by atoms with Crippen LogP contribution in [0.4, 0.5) is 17.6 Å². The molecule has 1 aliphatic rings. The second kappa shape index (κ2) is 8.89. The molecule has 1 atom stereocenters. The highest BCUT2D eigenvalue weighted by Gasteiger charge is 2.38. The normalized spacial score (nSPS) is 16.9. The Bertz CT molecular complexity index is 842. The molecule has 1 aliphatic heterocycles. The molecule has 0 radical (unpaired) electrons. The Morgan fingerprint density at radius 3 is 2.57 bits per heavy atom. The van der Waals surface area contributed by atoms with E-state index in [0.717, 1.165) is 23.4 Å². The van der Waals surface area contributed by atoms with Gasteiger partial charge in [0.15, 0.2) is 0 Å². The molecule has 1 aromatic heterocycles. The highest BCUT2D eigenvalue weighted by atomic mass is 35.5. The van der Waals surface area contributed by atoms with E-state index in [2.05, 4.69) is 9.88 Å². The van der Waals surface area contributed by atoms with Crippen molar-refractivity contribution in [2.45, 2.75) is 31.7 Å². The van der Waals surface area contributed by atoms with Crippen molar-refractivity contribution in [1.82, 2.24) is 14.5 Å². The van der Waals surface area contributed by atoms with Gasteiger partial charge in [0.2, 0.25) is 0 Å². The van der Waals surface area contributed by atoms with Crippen molar-refractivity contribution in [3.05, 3.63) is 52.3 Å². The van der Waals surface area contributed by atoms with E-state index in [1.165, 1.54) is 6.07 Å². The summed E-state index contributed by atoms with van der Waals surface area (Å²) in [7, 11) is 1.96. The number of carbonyl (C=O) groups is 1. The lowest BCUT2D eigenvalue weighted by Gasteiger charge is -2.34. The van der Waals surface area contributed by atoms with Crippen LogP contribution in [0.5, 0.6) is 0 Å². The summed E-state index contributed by atoms with van der Waals surface area (Å²) >= 11 is 5.71. The molecule has 0 bridgehead atoms. The topological polar surface area (TPSA) is 78.6 Å². The Kier molecular flexibility index (Phi) is 7.02. The molecule has 11 heteroatoms. The van der Waals surface area contributed by atoms with E-state index in [4.69, 9.17) is 21.5 Å². The maximum atomic E-state index is 13.5. The number of fused-ring (bicyclic) bond motifs is 1. The predicted molar refractivity (Wildman–Crippen MR) is 92.1 cm³/mol. The Balaban J connectivity index is 0.000000345. The van der Waals surface area contributed by atoms with Crippen molar-refractivity contribution in [3.8, 4) is 0 Å². The molecule has 2 heterocycles. The lowest BCUT2D eigenvalue weighted by Crippen LogP contribution is -2.42. The van der Waals surface area contributed by atoms with Gasteiger partial charge >= 0.3 is 12.1 Å². The largest absolute Gasteiger partial charge is 0.490 e. The maximum Gasteiger partial charge on any atom is 0.490 e. The number of imidazole rings is 1. The molecule has 154 valence electrons. The summed E-state index contributed by atoms with van der Waals surface area (Å²) in [5, 5.41) is 16.9. The van der Waals surface area contributed by atoms with Crippen LogP contribution in [-0.2, 0) is 31.4 Å². The van der Waals surface area contributed by atoms with Crippen molar-refractivity contribution in [3.63, 3.8) is 0 Å². The predicted octanol–water partition coefficient (Wildman–Crippen LogP) is 2.77. The Labute approximate surface area is 163 Å². The number of benzene rings is 1. The number of carboxylic acid groups (broad SMARTS) is 1. The molecule has 1 unspecified atom stereocenters. The van der Waals surface area contributed by atoms with Crippen LogP contribution in [0, 0.1) is 5.82 Å². The number of aliphatic carboxylic acids is 1. The monoisotopic (exact) mass is 423 g/mol. The fourth-order valence-electron chi connectivity index (χ4n) is 2.81. The number of aliphatic hydroxyl groups is 1. The second-order valence-electron chi connectivity index (χ2n) is 6.25. The van der Waals surface area contributed by atoms with Gasteiger partial charge in [-0.25, -0.2) is 14.2 Å². The van der Waals surface area contributed by atoms with Gasteiger partial charge in [-0.2, -0.15) is 13.2 Å². The van der Waals surface area contributed by atoms with Crippen LogP contribution in [0.25, 0.3) is 0 Å². The molecule has 0 fully saturated rings. The van der Waals surface area contributed by atoms with Gasteiger partial charge in [-0.3, -0.25) is 4.90 Å². The molecule has 2 N–H and O–H groups in total. The average molecular weight is 424 g/mol. The van der Waals surface area contributed by atoms with E-state index in [0.29, 0.717) is 13.1 Å². The Morgan fingerprint density at radius 2 is 2.04 bits per heavy atom. The Morgan fingerprint density at radius 1 is 1.39 bits per heavy atom. The highest BCUT2D eigenvalue weighted by Crippen LogP contribution is 2.25. The van der Waals surface area contributed by atoms with E-state index in [1.54, 1.807) is 12.4 Å². The summed E-state index contributed by atoms with van der Waals surface area (Å²) in [6, 6.07) is 4.85. The number of aromatic nitrogens is 2. The SMILES string of the molecule is Cn1cnc2c1CC(CO)N(Cc1ccc(Cl)c(F)c1)C2.O=C(O)C(F)(F)F. The van der Waals surface area contributed by atoms with Crippen molar-refractivity contribution in [2.24, 2.45) is 7.05 Å². The van der Waals surface area contributed by atoms with Crippen LogP contribution in [-0.4, -0.2) is 49.5 Å². The number of alkyl halides is 3. The molecular formula is C17H18ClF4N3O3. The minimum absolute atomic E-state index is 0.0200. The lowest BCUT2D eigenvalue weighted by atomic mass is 10.0. The van der Waals surface area contributed by atoms with Crippen molar-refractivity contribution in [2.75, 3.05) is 6.61 Å². The fraction of sp³-hybridized carbons (Fsp3) is 0.412. The minimum atomic E-state index is -5.08. The van der Waals surface area contributed by atoms with Crippen LogP contribution in [0.15, 0.2) is 24.5 Å². The summed E-state index contributed by atoms with van der Waals surface area (Å²) < 4.78 is 47.3. The van der Waals surface area contributed by atoms with Crippen molar-refractivity contribution in [1.29, 1.82) is 0 Å². The summed E-state index contributed by atoms with van der Waals surface area (Å²) in [6.07, 6.45) is -2.54. The minimum Gasteiger partial charge on any atom is -0.475 e. The number of hydrogen-bond acceptors (Lipinski definition) is 4. The molecule has 0 saturated heterocycles. The van der Waals surface area contributed by atoms with Gasteiger partial charge in [-0.05, 0) is 17.7 Å². The van der Waals surface area contributed by atoms with Crippen LogP contribution >= 0.6 is 11.6 Å². The number of halogens is 5.